The van der Waals surface area contributed by atoms with Gasteiger partial charge in [-0.05, 0) is 38.5 Å². The van der Waals surface area contributed by atoms with Gasteiger partial charge in [0, 0.05) is 24.7 Å². The van der Waals surface area contributed by atoms with Crippen molar-refractivity contribution in [3.63, 3.8) is 0 Å². The Morgan fingerprint density at radius 1 is 1.33 bits per heavy atom. The van der Waals surface area contributed by atoms with Gasteiger partial charge in [-0.3, -0.25) is 5.41 Å². The molecule has 0 radical (unpaired) electrons. The van der Waals surface area contributed by atoms with Crippen molar-refractivity contribution in [1.29, 1.82) is 5.41 Å². The third-order valence-corrected chi connectivity index (χ3v) is 3.08. The van der Waals surface area contributed by atoms with Crippen LogP contribution in [0, 0.1) is 5.41 Å². The number of nitrogens with one attached hydrogen (secondary N) is 1. The molecule has 0 fully saturated rings. The van der Waals surface area contributed by atoms with Crippen LogP contribution in [0.4, 0.5) is 0 Å². The second-order valence-corrected chi connectivity index (χ2v) is 5.14. The molecule has 0 aliphatic carbocycles. The predicted octanol–water partition coefficient (Wildman–Crippen LogP) is 3.94. The number of rotatable bonds is 5. The summed E-state index contributed by atoms with van der Waals surface area (Å²) in [6, 6.07) is 6.07. The van der Waals surface area contributed by atoms with E-state index in [0.29, 0.717) is 18.9 Å². The molecule has 1 aromatic heterocycles. The maximum atomic E-state index is 7.89. The highest BCUT2D eigenvalue weighted by Gasteiger charge is 2.11. The number of halogens is 1. The summed E-state index contributed by atoms with van der Waals surface area (Å²) in [4.78, 5) is 0. The number of benzene rings is 1. The van der Waals surface area contributed by atoms with Crippen molar-refractivity contribution in [2.75, 3.05) is 6.61 Å². The largest absolute Gasteiger partial charge is 0.494 e. The fourth-order valence-corrected chi connectivity index (χ4v) is 2.34. The summed E-state index contributed by atoms with van der Waals surface area (Å²) in [5, 5.41) is 9.04. The number of aryl methyl sites for hydroxylation is 1. The monoisotopic (exact) mass is 310 g/mol. The fraction of sp³-hybridized carbons (Fsp3) is 0.438. The molecule has 5 heteroatoms. The Morgan fingerprint density at radius 3 is 2.67 bits per heavy atom. The molecule has 0 amide bonds. The molecule has 0 saturated carbocycles. The summed E-state index contributed by atoms with van der Waals surface area (Å²) in [5.41, 5.74) is 2.22. The van der Waals surface area contributed by atoms with Crippen molar-refractivity contribution in [3.05, 3.63) is 30.0 Å². The predicted molar refractivity (Wildman–Crippen MR) is 89.0 cm³/mol. The van der Waals surface area contributed by atoms with E-state index in [9.17, 15) is 0 Å². The molecule has 0 aliphatic rings. The first-order valence-electron chi connectivity index (χ1n) is 6.96. The maximum Gasteiger partial charge on any atom is 0.185 e. The highest BCUT2D eigenvalue weighted by atomic mass is 35.5. The molecular formula is C16H23ClN2O2. The van der Waals surface area contributed by atoms with Crippen molar-refractivity contribution in [3.8, 4) is 5.75 Å². The van der Waals surface area contributed by atoms with E-state index in [1.165, 1.54) is 0 Å². The SMILES string of the molecule is CCOc1ccc2c(CC(=N)OC(C)C)cn(C)c2c1.Cl. The summed E-state index contributed by atoms with van der Waals surface area (Å²) >= 11 is 0. The first-order chi connectivity index (χ1) is 9.51. The molecule has 21 heavy (non-hydrogen) atoms. The zero-order chi connectivity index (χ0) is 14.7. The topological polar surface area (TPSA) is 47.2 Å². The zero-order valence-corrected chi connectivity index (χ0v) is 13.8. The van der Waals surface area contributed by atoms with Gasteiger partial charge in [0.2, 0.25) is 0 Å². The number of hydrogen-bond acceptors (Lipinski definition) is 3. The molecule has 0 spiro atoms. The van der Waals surface area contributed by atoms with Crippen LogP contribution in [0.2, 0.25) is 0 Å². The normalized spacial score (nSPS) is 10.5. The average molecular weight is 311 g/mol. The summed E-state index contributed by atoms with van der Waals surface area (Å²) < 4.78 is 13.0. The minimum Gasteiger partial charge on any atom is -0.494 e. The van der Waals surface area contributed by atoms with Crippen molar-refractivity contribution in [2.24, 2.45) is 7.05 Å². The quantitative estimate of drug-likeness (QED) is 0.671. The second-order valence-electron chi connectivity index (χ2n) is 5.14. The van der Waals surface area contributed by atoms with Crippen molar-refractivity contribution in [1.82, 2.24) is 4.57 Å². The van der Waals surface area contributed by atoms with Gasteiger partial charge in [-0.1, -0.05) is 0 Å². The summed E-state index contributed by atoms with van der Waals surface area (Å²) in [7, 11) is 2.01. The van der Waals surface area contributed by atoms with Crippen LogP contribution in [0.25, 0.3) is 10.9 Å². The molecule has 116 valence electrons. The van der Waals surface area contributed by atoms with Crippen LogP contribution < -0.4 is 4.74 Å². The van der Waals surface area contributed by atoms with E-state index in [-0.39, 0.29) is 18.5 Å². The van der Waals surface area contributed by atoms with Gasteiger partial charge in [0.15, 0.2) is 5.90 Å². The first kappa shape index (κ1) is 17.4. The van der Waals surface area contributed by atoms with Crippen LogP contribution >= 0.6 is 12.4 Å². The Labute approximate surface area is 132 Å². The van der Waals surface area contributed by atoms with E-state index >= 15 is 0 Å². The fourth-order valence-electron chi connectivity index (χ4n) is 2.34. The summed E-state index contributed by atoms with van der Waals surface area (Å²) in [6.45, 7) is 6.51. The van der Waals surface area contributed by atoms with Crippen LogP contribution in [-0.4, -0.2) is 23.2 Å². The zero-order valence-electron chi connectivity index (χ0n) is 13.0. The highest BCUT2D eigenvalue weighted by molar-refractivity contribution is 5.89. The van der Waals surface area contributed by atoms with Gasteiger partial charge >= 0.3 is 0 Å². The van der Waals surface area contributed by atoms with Crippen LogP contribution in [0.15, 0.2) is 24.4 Å². The number of ether oxygens (including phenoxy) is 2. The lowest BCUT2D eigenvalue weighted by Gasteiger charge is -2.10. The van der Waals surface area contributed by atoms with Gasteiger partial charge in [0.05, 0.1) is 24.6 Å². The lowest BCUT2D eigenvalue weighted by atomic mass is 10.1. The van der Waals surface area contributed by atoms with Gasteiger partial charge in [-0.25, -0.2) is 0 Å². The minimum absolute atomic E-state index is 0. The van der Waals surface area contributed by atoms with E-state index < -0.39 is 0 Å². The lowest BCUT2D eigenvalue weighted by Crippen LogP contribution is -2.12. The van der Waals surface area contributed by atoms with Gasteiger partial charge in [0.1, 0.15) is 5.75 Å². The molecule has 1 aromatic carbocycles. The molecule has 0 bridgehead atoms. The Hall–Kier alpha value is -1.68. The Bertz CT molecular complexity index is 620. The molecule has 0 atom stereocenters. The number of fused-ring (bicyclic) bond motifs is 1. The van der Waals surface area contributed by atoms with Crippen molar-refractivity contribution in [2.45, 2.75) is 33.3 Å². The number of aromatic nitrogens is 1. The molecule has 1 heterocycles. The third-order valence-electron chi connectivity index (χ3n) is 3.08. The standard InChI is InChI=1S/C16H22N2O2.ClH/c1-5-19-13-6-7-14-12(8-16(17)20-11(2)3)10-18(4)15(14)9-13;/h6-7,9-11,17H,5,8H2,1-4H3;1H. The molecule has 4 nitrogen and oxygen atoms in total. The minimum atomic E-state index is 0. The molecular weight excluding hydrogens is 288 g/mol. The van der Waals surface area contributed by atoms with E-state index in [2.05, 4.69) is 16.8 Å². The van der Waals surface area contributed by atoms with Crippen LogP contribution in [0.5, 0.6) is 5.75 Å². The number of nitrogens with zero attached hydrogens (tertiary/aromatic N) is 1. The average Bonchev–Trinajstić information content (AvgIpc) is 2.65. The lowest BCUT2D eigenvalue weighted by molar-refractivity contribution is 0.221. The Kier molecular flexibility index (Phi) is 6.09. The van der Waals surface area contributed by atoms with Crippen LogP contribution in [0.1, 0.15) is 26.3 Å². The molecule has 0 unspecified atom stereocenters. The van der Waals surface area contributed by atoms with Gasteiger partial charge in [-0.15, -0.1) is 12.4 Å². The molecule has 0 aliphatic heterocycles. The van der Waals surface area contributed by atoms with Crippen molar-refractivity contribution >= 4 is 29.2 Å². The van der Waals surface area contributed by atoms with Crippen LogP contribution in [0.3, 0.4) is 0 Å². The van der Waals surface area contributed by atoms with Gasteiger partial charge in [-0.2, -0.15) is 0 Å². The smallest absolute Gasteiger partial charge is 0.185 e. The molecule has 1 N–H and O–H groups in total. The molecule has 2 rings (SSSR count). The third kappa shape index (κ3) is 4.14. The Morgan fingerprint density at radius 2 is 2.05 bits per heavy atom. The number of hydrogen-bond donors (Lipinski definition) is 1. The van der Waals surface area contributed by atoms with Crippen molar-refractivity contribution < 1.29 is 9.47 Å². The maximum absolute atomic E-state index is 7.89. The van der Waals surface area contributed by atoms with Crippen LogP contribution in [-0.2, 0) is 18.2 Å². The van der Waals surface area contributed by atoms with E-state index in [1.54, 1.807) is 0 Å². The van der Waals surface area contributed by atoms with E-state index in [4.69, 9.17) is 14.9 Å². The Balaban J connectivity index is 0.00000220. The first-order valence-corrected chi connectivity index (χ1v) is 6.96. The van der Waals surface area contributed by atoms with Gasteiger partial charge < -0.3 is 14.0 Å². The van der Waals surface area contributed by atoms with E-state index in [1.807, 2.05) is 40.0 Å². The second kappa shape index (κ2) is 7.36. The molecule has 0 saturated heterocycles. The molecule has 2 aromatic rings. The highest BCUT2D eigenvalue weighted by Crippen LogP contribution is 2.26. The van der Waals surface area contributed by atoms with E-state index in [0.717, 1.165) is 22.2 Å². The summed E-state index contributed by atoms with van der Waals surface area (Å²) in [5.74, 6) is 1.18. The van der Waals surface area contributed by atoms with Gasteiger partial charge in [0.25, 0.3) is 0 Å². The summed E-state index contributed by atoms with van der Waals surface area (Å²) in [6.07, 6.45) is 2.62.